The summed E-state index contributed by atoms with van der Waals surface area (Å²) < 4.78 is 5.46. The molecule has 0 unspecified atom stereocenters. The maximum Gasteiger partial charge on any atom is 0.293 e. The van der Waals surface area contributed by atoms with Crippen LogP contribution in [-0.4, -0.2) is 21.0 Å². The molecular weight excluding hydrogens is 382 g/mol. The van der Waals surface area contributed by atoms with Crippen molar-refractivity contribution in [2.24, 2.45) is 0 Å². The number of nitro benzene ring substituents is 1. The van der Waals surface area contributed by atoms with E-state index in [1.807, 2.05) is 6.92 Å². The van der Waals surface area contributed by atoms with Crippen molar-refractivity contribution >= 4 is 34.6 Å². The minimum atomic E-state index is -0.630. The van der Waals surface area contributed by atoms with Gasteiger partial charge in [0.1, 0.15) is 11.5 Å². The first-order valence-corrected chi connectivity index (χ1v) is 8.51. The number of hydrogen-bond acceptors (Lipinski definition) is 6. The number of rotatable bonds is 4. The molecule has 3 rings (SSSR count). The smallest absolute Gasteiger partial charge is 0.293 e. The molecule has 3 N–H and O–H groups in total. The Balaban J connectivity index is 1.73. The normalized spacial score (nSPS) is 10.3. The first kappa shape index (κ1) is 19.1. The Morgan fingerprint density at radius 2 is 1.93 bits per heavy atom. The van der Waals surface area contributed by atoms with Crippen LogP contribution in [-0.2, 0) is 0 Å². The van der Waals surface area contributed by atoms with Crippen LogP contribution in [0.1, 0.15) is 16.1 Å². The number of anilines is 1. The molecule has 1 aromatic heterocycles. The van der Waals surface area contributed by atoms with Gasteiger partial charge in [0.15, 0.2) is 10.9 Å². The lowest BCUT2D eigenvalue weighted by Gasteiger charge is -2.10. The number of nitrogens with zero attached hydrogens (tertiary/aromatic N) is 1. The van der Waals surface area contributed by atoms with Crippen LogP contribution >= 0.6 is 12.2 Å². The number of nitro groups is 1. The summed E-state index contributed by atoms with van der Waals surface area (Å²) in [6, 6.07) is 13.8. The van der Waals surface area contributed by atoms with Crippen molar-refractivity contribution in [3.05, 3.63) is 76.0 Å². The number of nitrogens with one attached hydrogen (secondary N) is 2. The Kier molecular flexibility index (Phi) is 5.37. The van der Waals surface area contributed by atoms with E-state index in [-0.39, 0.29) is 33.6 Å². The largest absolute Gasteiger partial charge is 0.506 e. The Morgan fingerprint density at radius 3 is 2.68 bits per heavy atom. The second kappa shape index (κ2) is 7.89. The zero-order valence-electron chi connectivity index (χ0n) is 14.6. The third kappa shape index (κ3) is 4.15. The fourth-order valence-corrected chi connectivity index (χ4v) is 2.72. The summed E-state index contributed by atoms with van der Waals surface area (Å²) >= 11 is 5.09. The van der Waals surface area contributed by atoms with Gasteiger partial charge in [-0.2, -0.15) is 0 Å². The summed E-state index contributed by atoms with van der Waals surface area (Å²) in [6.07, 6.45) is 0. The molecular formula is C19H15N3O5S. The van der Waals surface area contributed by atoms with Gasteiger partial charge in [-0.1, -0.05) is 18.2 Å². The molecule has 9 heteroatoms. The van der Waals surface area contributed by atoms with Gasteiger partial charge in [0.25, 0.3) is 11.6 Å². The van der Waals surface area contributed by atoms with E-state index in [9.17, 15) is 20.0 Å². The zero-order chi connectivity index (χ0) is 20.3. The van der Waals surface area contributed by atoms with Crippen molar-refractivity contribution in [3.63, 3.8) is 0 Å². The van der Waals surface area contributed by atoms with E-state index in [1.54, 1.807) is 24.3 Å². The number of carbonyl (C=O) groups is 1. The van der Waals surface area contributed by atoms with Crippen LogP contribution in [0.25, 0.3) is 11.3 Å². The van der Waals surface area contributed by atoms with Crippen LogP contribution < -0.4 is 10.6 Å². The summed E-state index contributed by atoms with van der Waals surface area (Å²) in [5, 5.41) is 26.1. The molecule has 0 atom stereocenters. The number of carbonyl (C=O) groups excluding carboxylic acids is 1. The second-order valence-corrected chi connectivity index (χ2v) is 6.28. The number of hydrogen-bond donors (Lipinski definition) is 3. The van der Waals surface area contributed by atoms with Gasteiger partial charge in [-0.05, 0) is 55.0 Å². The molecule has 0 spiro atoms. The van der Waals surface area contributed by atoms with Crippen molar-refractivity contribution in [2.45, 2.75) is 6.92 Å². The van der Waals surface area contributed by atoms with Crippen LogP contribution in [0.3, 0.4) is 0 Å². The number of para-hydroxylation sites is 1. The predicted octanol–water partition coefficient (Wildman–Crippen LogP) is 4.00. The second-order valence-electron chi connectivity index (χ2n) is 5.87. The number of amides is 1. The van der Waals surface area contributed by atoms with E-state index in [0.29, 0.717) is 5.69 Å². The lowest BCUT2D eigenvalue weighted by atomic mass is 10.1. The van der Waals surface area contributed by atoms with Gasteiger partial charge in [0.05, 0.1) is 16.2 Å². The molecule has 0 saturated heterocycles. The molecule has 0 aliphatic rings. The van der Waals surface area contributed by atoms with E-state index in [1.165, 1.54) is 30.3 Å². The summed E-state index contributed by atoms with van der Waals surface area (Å²) in [4.78, 5) is 23.0. The average Bonchev–Trinajstić information content (AvgIpc) is 3.15. The molecule has 1 amide bonds. The maximum absolute atomic E-state index is 12.3. The van der Waals surface area contributed by atoms with Crippen LogP contribution in [0.5, 0.6) is 5.75 Å². The van der Waals surface area contributed by atoms with Crippen molar-refractivity contribution < 1.29 is 19.2 Å². The molecule has 0 aliphatic carbocycles. The molecule has 0 radical (unpaired) electrons. The minimum Gasteiger partial charge on any atom is -0.506 e. The van der Waals surface area contributed by atoms with Crippen LogP contribution in [0.4, 0.5) is 11.4 Å². The first-order valence-electron chi connectivity index (χ1n) is 8.10. The van der Waals surface area contributed by atoms with E-state index in [2.05, 4.69) is 10.6 Å². The fraction of sp³-hybridized carbons (Fsp3) is 0.0526. The van der Waals surface area contributed by atoms with Gasteiger partial charge in [-0.3, -0.25) is 20.2 Å². The lowest BCUT2D eigenvalue weighted by Crippen LogP contribution is -2.33. The molecule has 1 heterocycles. The Bertz CT molecular complexity index is 1080. The van der Waals surface area contributed by atoms with E-state index in [0.717, 1.165) is 5.56 Å². The summed E-state index contributed by atoms with van der Waals surface area (Å²) in [6.45, 7) is 1.85. The summed E-state index contributed by atoms with van der Waals surface area (Å²) in [7, 11) is 0. The Hall–Kier alpha value is -3.72. The molecule has 3 aromatic rings. The molecule has 2 aromatic carbocycles. The quantitative estimate of drug-likeness (QED) is 0.264. The molecule has 8 nitrogen and oxygen atoms in total. The van der Waals surface area contributed by atoms with Gasteiger partial charge >= 0.3 is 0 Å². The number of phenols is 1. The number of furan rings is 1. The highest BCUT2D eigenvalue weighted by molar-refractivity contribution is 7.80. The highest BCUT2D eigenvalue weighted by Gasteiger charge is 2.19. The number of phenolic OH excluding ortho intramolecular Hbond substituents is 1. The molecule has 0 fully saturated rings. The van der Waals surface area contributed by atoms with E-state index >= 15 is 0 Å². The van der Waals surface area contributed by atoms with Crippen LogP contribution in [0.15, 0.2) is 59.0 Å². The SMILES string of the molecule is Cc1ccc(O)c(NC(=S)NC(=O)c2ccc(-c3ccccc3[N+](=O)[O-])o2)c1. The Morgan fingerprint density at radius 1 is 1.18 bits per heavy atom. The molecule has 142 valence electrons. The predicted molar refractivity (Wildman–Crippen MR) is 107 cm³/mol. The minimum absolute atomic E-state index is 0.0149. The van der Waals surface area contributed by atoms with E-state index < -0.39 is 10.8 Å². The summed E-state index contributed by atoms with van der Waals surface area (Å²) in [5.74, 6) is -0.522. The molecule has 0 aliphatic heterocycles. The molecule has 28 heavy (non-hydrogen) atoms. The third-order valence-corrected chi connectivity index (χ3v) is 4.03. The van der Waals surface area contributed by atoms with Gasteiger partial charge in [0.2, 0.25) is 0 Å². The monoisotopic (exact) mass is 397 g/mol. The maximum atomic E-state index is 12.3. The van der Waals surface area contributed by atoms with Crippen molar-refractivity contribution in [3.8, 4) is 17.1 Å². The van der Waals surface area contributed by atoms with Gasteiger partial charge in [-0.15, -0.1) is 0 Å². The third-order valence-electron chi connectivity index (χ3n) is 3.82. The van der Waals surface area contributed by atoms with Crippen molar-refractivity contribution in [1.82, 2.24) is 5.32 Å². The van der Waals surface area contributed by atoms with Gasteiger partial charge in [0, 0.05) is 6.07 Å². The fourth-order valence-electron chi connectivity index (χ4n) is 2.51. The molecule has 0 bridgehead atoms. The highest BCUT2D eigenvalue weighted by atomic mass is 32.1. The van der Waals surface area contributed by atoms with E-state index in [4.69, 9.17) is 16.6 Å². The van der Waals surface area contributed by atoms with Crippen LogP contribution in [0, 0.1) is 17.0 Å². The average molecular weight is 397 g/mol. The first-order chi connectivity index (χ1) is 13.3. The van der Waals surface area contributed by atoms with Crippen molar-refractivity contribution in [2.75, 3.05) is 5.32 Å². The number of aromatic hydroxyl groups is 1. The lowest BCUT2D eigenvalue weighted by molar-refractivity contribution is -0.384. The van der Waals surface area contributed by atoms with Gasteiger partial charge < -0.3 is 14.8 Å². The van der Waals surface area contributed by atoms with Crippen LogP contribution in [0.2, 0.25) is 0 Å². The van der Waals surface area contributed by atoms with Crippen molar-refractivity contribution in [1.29, 1.82) is 0 Å². The number of benzene rings is 2. The standard InChI is InChI=1S/C19H15N3O5S/c1-11-6-7-15(23)13(10-11)20-19(28)21-18(24)17-9-8-16(27-17)12-4-2-3-5-14(12)22(25)26/h2-10,23H,1H3,(H2,20,21,24,28). The zero-order valence-corrected chi connectivity index (χ0v) is 15.4. The Labute approximate surface area is 165 Å². The highest BCUT2D eigenvalue weighted by Crippen LogP contribution is 2.30. The number of thiocarbonyl (C=S) groups is 1. The number of aryl methyl sites for hydroxylation is 1. The van der Waals surface area contributed by atoms with Gasteiger partial charge in [-0.25, -0.2) is 0 Å². The summed E-state index contributed by atoms with van der Waals surface area (Å²) in [5.41, 5.74) is 1.38. The topological polar surface area (TPSA) is 118 Å². The molecule has 0 saturated carbocycles.